The molecule has 2 heterocycles. The van der Waals surface area contributed by atoms with Gasteiger partial charge >= 0.3 is 0 Å². The van der Waals surface area contributed by atoms with Gasteiger partial charge in [0.1, 0.15) is 0 Å². The fourth-order valence-electron chi connectivity index (χ4n) is 2.50. The van der Waals surface area contributed by atoms with Crippen molar-refractivity contribution < 1.29 is 0 Å². The summed E-state index contributed by atoms with van der Waals surface area (Å²) >= 11 is 0. The zero-order valence-corrected chi connectivity index (χ0v) is 7.51. The largest absolute Gasteiger partial charge is 0.370 e. The van der Waals surface area contributed by atoms with Crippen molar-refractivity contribution >= 4 is 5.96 Å². The highest BCUT2D eigenvalue weighted by Crippen LogP contribution is 2.38. The van der Waals surface area contributed by atoms with E-state index in [2.05, 4.69) is 11.9 Å². The third kappa shape index (κ3) is 1.06. The van der Waals surface area contributed by atoms with Crippen molar-refractivity contribution in [3.8, 4) is 0 Å². The van der Waals surface area contributed by atoms with Crippen LogP contribution in [0.25, 0.3) is 0 Å². The Labute approximate surface area is 72.8 Å². The van der Waals surface area contributed by atoms with Crippen LogP contribution in [-0.4, -0.2) is 49.0 Å². The third-order valence-corrected chi connectivity index (χ3v) is 2.99. The van der Waals surface area contributed by atoms with Crippen molar-refractivity contribution in [1.82, 2.24) is 9.80 Å². The lowest BCUT2D eigenvalue weighted by Crippen LogP contribution is -2.56. The molecule has 0 bridgehead atoms. The standard InChI is InChI=1S/C8H16N4/c1-11-4-8(5-11)2-3-12(6-8)7(9)10/h2-6H2,1H3,(H3,9,10). The van der Waals surface area contributed by atoms with E-state index in [-0.39, 0.29) is 5.96 Å². The van der Waals surface area contributed by atoms with Crippen LogP contribution in [0.4, 0.5) is 0 Å². The van der Waals surface area contributed by atoms with Gasteiger partial charge in [-0.1, -0.05) is 0 Å². The molecule has 0 saturated carbocycles. The topological polar surface area (TPSA) is 56.4 Å². The predicted molar refractivity (Wildman–Crippen MR) is 48.0 cm³/mol. The van der Waals surface area contributed by atoms with Crippen LogP contribution in [0.15, 0.2) is 0 Å². The summed E-state index contributed by atoms with van der Waals surface area (Å²) in [4.78, 5) is 4.30. The van der Waals surface area contributed by atoms with Gasteiger partial charge in [0.25, 0.3) is 0 Å². The Hall–Kier alpha value is -0.770. The van der Waals surface area contributed by atoms with E-state index in [0.29, 0.717) is 5.41 Å². The Bertz CT molecular complexity index is 207. The van der Waals surface area contributed by atoms with Crippen molar-refractivity contribution in [2.75, 3.05) is 33.2 Å². The van der Waals surface area contributed by atoms with E-state index in [1.807, 2.05) is 4.90 Å². The quantitative estimate of drug-likeness (QED) is 0.379. The molecule has 0 aromatic heterocycles. The average molecular weight is 168 g/mol. The molecular formula is C8H16N4. The molecule has 0 aromatic carbocycles. The molecule has 0 amide bonds. The van der Waals surface area contributed by atoms with Gasteiger partial charge in [-0.2, -0.15) is 0 Å². The van der Waals surface area contributed by atoms with Crippen LogP contribution in [-0.2, 0) is 0 Å². The van der Waals surface area contributed by atoms with Crippen molar-refractivity contribution in [2.24, 2.45) is 11.1 Å². The Balaban J connectivity index is 1.95. The highest BCUT2D eigenvalue weighted by atomic mass is 15.3. The van der Waals surface area contributed by atoms with E-state index in [1.165, 1.54) is 19.5 Å². The number of hydrogen-bond donors (Lipinski definition) is 2. The Morgan fingerprint density at radius 1 is 1.42 bits per heavy atom. The fraction of sp³-hybridized carbons (Fsp3) is 0.875. The van der Waals surface area contributed by atoms with Gasteiger partial charge < -0.3 is 15.5 Å². The molecule has 0 aliphatic carbocycles. The molecule has 1 spiro atoms. The second-order valence-electron chi connectivity index (χ2n) is 4.23. The van der Waals surface area contributed by atoms with Gasteiger partial charge in [0, 0.05) is 31.6 Å². The van der Waals surface area contributed by atoms with E-state index in [0.717, 1.165) is 13.1 Å². The molecule has 2 aliphatic heterocycles. The lowest BCUT2D eigenvalue weighted by atomic mass is 9.79. The van der Waals surface area contributed by atoms with Gasteiger partial charge in [0.2, 0.25) is 0 Å². The van der Waals surface area contributed by atoms with E-state index in [4.69, 9.17) is 11.1 Å². The molecule has 0 aromatic rings. The van der Waals surface area contributed by atoms with Crippen molar-refractivity contribution in [3.05, 3.63) is 0 Å². The zero-order chi connectivity index (χ0) is 8.77. The minimum absolute atomic E-state index is 0.237. The second kappa shape index (κ2) is 2.36. The normalized spacial score (nSPS) is 27.6. The molecule has 3 N–H and O–H groups in total. The van der Waals surface area contributed by atoms with Crippen LogP contribution in [0.5, 0.6) is 0 Å². The van der Waals surface area contributed by atoms with Crippen molar-refractivity contribution in [1.29, 1.82) is 5.41 Å². The van der Waals surface area contributed by atoms with Crippen molar-refractivity contribution in [3.63, 3.8) is 0 Å². The molecule has 12 heavy (non-hydrogen) atoms. The van der Waals surface area contributed by atoms with Crippen LogP contribution < -0.4 is 5.73 Å². The van der Waals surface area contributed by atoms with Crippen LogP contribution in [0.1, 0.15) is 6.42 Å². The fourth-order valence-corrected chi connectivity index (χ4v) is 2.50. The van der Waals surface area contributed by atoms with E-state index in [9.17, 15) is 0 Å². The molecule has 2 rings (SSSR count). The summed E-state index contributed by atoms with van der Waals surface area (Å²) in [5.41, 5.74) is 5.90. The zero-order valence-electron chi connectivity index (χ0n) is 7.51. The number of nitrogens with two attached hydrogens (primary N) is 1. The van der Waals surface area contributed by atoms with Gasteiger partial charge in [-0.25, -0.2) is 0 Å². The minimum Gasteiger partial charge on any atom is -0.370 e. The number of nitrogens with one attached hydrogen (secondary N) is 1. The molecule has 0 radical (unpaired) electrons. The summed E-state index contributed by atoms with van der Waals surface area (Å²) < 4.78 is 0. The van der Waals surface area contributed by atoms with Gasteiger partial charge in [0.05, 0.1) is 0 Å². The maximum atomic E-state index is 7.31. The van der Waals surface area contributed by atoms with Crippen molar-refractivity contribution in [2.45, 2.75) is 6.42 Å². The number of nitrogens with zero attached hydrogens (tertiary/aromatic N) is 2. The van der Waals surface area contributed by atoms with E-state index in [1.54, 1.807) is 0 Å². The number of guanidine groups is 1. The van der Waals surface area contributed by atoms with Gasteiger partial charge in [0.15, 0.2) is 5.96 Å². The monoisotopic (exact) mass is 168 g/mol. The van der Waals surface area contributed by atoms with E-state index >= 15 is 0 Å². The summed E-state index contributed by atoms with van der Waals surface area (Å²) in [5, 5.41) is 7.31. The first-order chi connectivity index (χ1) is 5.61. The SMILES string of the molecule is CN1CC2(CCN(C(=N)N)C2)C1. The molecule has 4 nitrogen and oxygen atoms in total. The first kappa shape index (κ1) is 7.86. The number of likely N-dealkylation sites (tertiary alicyclic amines) is 2. The van der Waals surface area contributed by atoms with Gasteiger partial charge in [-0.15, -0.1) is 0 Å². The molecule has 2 saturated heterocycles. The Morgan fingerprint density at radius 3 is 2.50 bits per heavy atom. The summed E-state index contributed by atoms with van der Waals surface area (Å²) in [6, 6.07) is 0. The molecular weight excluding hydrogens is 152 g/mol. The highest BCUT2D eigenvalue weighted by molar-refractivity contribution is 5.75. The molecule has 0 atom stereocenters. The van der Waals surface area contributed by atoms with Gasteiger partial charge in [-0.05, 0) is 13.5 Å². The average Bonchev–Trinajstić information content (AvgIpc) is 2.31. The van der Waals surface area contributed by atoms with Crippen LogP contribution in [0, 0.1) is 10.8 Å². The van der Waals surface area contributed by atoms with E-state index < -0.39 is 0 Å². The summed E-state index contributed by atoms with van der Waals surface area (Å²) in [6.45, 7) is 4.32. The summed E-state index contributed by atoms with van der Waals surface area (Å²) in [7, 11) is 2.14. The molecule has 4 heteroatoms. The number of hydrogen-bond acceptors (Lipinski definition) is 2. The molecule has 2 aliphatic rings. The lowest BCUT2D eigenvalue weighted by Gasteiger charge is -2.46. The summed E-state index contributed by atoms with van der Waals surface area (Å²) in [6.07, 6.45) is 1.21. The first-order valence-electron chi connectivity index (χ1n) is 4.39. The Morgan fingerprint density at radius 2 is 2.08 bits per heavy atom. The maximum Gasteiger partial charge on any atom is 0.188 e. The minimum atomic E-state index is 0.237. The van der Waals surface area contributed by atoms with Crippen LogP contribution >= 0.6 is 0 Å². The molecule has 0 unspecified atom stereocenters. The first-order valence-corrected chi connectivity index (χ1v) is 4.39. The summed E-state index contributed by atoms with van der Waals surface area (Å²) in [5.74, 6) is 0.237. The lowest BCUT2D eigenvalue weighted by molar-refractivity contribution is 0.0355. The number of rotatable bonds is 0. The Kier molecular flexibility index (Phi) is 1.54. The predicted octanol–water partition coefficient (Wildman–Crippen LogP) is -0.483. The molecule has 2 fully saturated rings. The van der Waals surface area contributed by atoms with Gasteiger partial charge in [-0.3, -0.25) is 5.41 Å². The molecule has 68 valence electrons. The smallest absolute Gasteiger partial charge is 0.188 e. The highest BCUT2D eigenvalue weighted by Gasteiger charge is 2.46. The van der Waals surface area contributed by atoms with Crippen LogP contribution in [0.2, 0.25) is 0 Å². The second-order valence-corrected chi connectivity index (χ2v) is 4.23. The van der Waals surface area contributed by atoms with Crippen LogP contribution in [0.3, 0.4) is 0 Å². The maximum absolute atomic E-state index is 7.31. The third-order valence-electron chi connectivity index (χ3n) is 2.99.